The summed E-state index contributed by atoms with van der Waals surface area (Å²) in [6, 6.07) is 0. The van der Waals surface area contributed by atoms with Crippen LogP contribution in [0.25, 0.3) is 0 Å². The average molecular weight is 238 g/mol. The second kappa shape index (κ2) is 5.85. The molecule has 3 heteroatoms. The molecule has 3 atom stereocenters. The Kier molecular flexibility index (Phi) is 4.43. The molecule has 2 rings (SSSR count). The Labute approximate surface area is 105 Å². The van der Waals surface area contributed by atoms with Crippen LogP contribution in [-0.4, -0.2) is 37.5 Å². The van der Waals surface area contributed by atoms with Crippen LogP contribution in [0.2, 0.25) is 0 Å². The minimum Gasteiger partial charge on any atom is -0.342 e. The molecule has 0 aromatic rings. The van der Waals surface area contributed by atoms with E-state index >= 15 is 0 Å². The normalized spacial score (nSPS) is 33.3. The van der Waals surface area contributed by atoms with Gasteiger partial charge in [-0.25, -0.2) is 0 Å². The summed E-state index contributed by atoms with van der Waals surface area (Å²) in [6.07, 6.45) is 5.82. The SMILES string of the molecule is CNCC1CCN(C(=O)CC2CCC(C)C2)C1. The molecule has 1 aliphatic heterocycles. The number of nitrogens with zero attached hydrogens (tertiary/aromatic N) is 1. The van der Waals surface area contributed by atoms with Crippen LogP contribution in [0.5, 0.6) is 0 Å². The molecule has 1 heterocycles. The smallest absolute Gasteiger partial charge is 0.222 e. The summed E-state index contributed by atoms with van der Waals surface area (Å²) in [5.41, 5.74) is 0. The summed E-state index contributed by atoms with van der Waals surface area (Å²) < 4.78 is 0. The van der Waals surface area contributed by atoms with E-state index in [0.717, 1.165) is 32.0 Å². The third kappa shape index (κ3) is 3.44. The molecule has 1 N–H and O–H groups in total. The predicted octanol–water partition coefficient (Wildman–Crippen LogP) is 1.88. The van der Waals surface area contributed by atoms with Gasteiger partial charge in [0.25, 0.3) is 0 Å². The number of hydrogen-bond acceptors (Lipinski definition) is 2. The van der Waals surface area contributed by atoms with Crippen molar-refractivity contribution < 1.29 is 4.79 Å². The van der Waals surface area contributed by atoms with Gasteiger partial charge in [0.2, 0.25) is 5.91 Å². The Morgan fingerprint density at radius 1 is 1.29 bits per heavy atom. The number of rotatable bonds is 4. The first kappa shape index (κ1) is 12.9. The molecule has 98 valence electrons. The van der Waals surface area contributed by atoms with Crippen molar-refractivity contribution in [2.75, 3.05) is 26.7 Å². The van der Waals surface area contributed by atoms with Gasteiger partial charge >= 0.3 is 0 Å². The first-order chi connectivity index (χ1) is 8.19. The summed E-state index contributed by atoms with van der Waals surface area (Å²) in [5, 5.41) is 3.21. The molecule has 17 heavy (non-hydrogen) atoms. The Hall–Kier alpha value is -0.570. The van der Waals surface area contributed by atoms with Crippen LogP contribution in [0.4, 0.5) is 0 Å². The molecular weight excluding hydrogens is 212 g/mol. The second-order valence-corrected chi connectivity index (χ2v) is 6.04. The van der Waals surface area contributed by atoms with Crippen molar-refractivity contribution >= 4 is 5.91 Å². The molecule has 0 aromatic heterocycles. The third-order valence-electron chi connectivity index (χ3n) is 4.40. The van der Waals surface area contributed by atoms with E-state index in [0.29, 0.717) is 17.7 Å². The van der Waals surface area contributed by atoms with Crippen molar-refractivity contribution in [2.45, 2.75) is 39.0 Å². The van der Waals surface area contributed by atoms with Gasteiger partial charge in [0.15, 0.2) is 0 Å². The van der Waals surface area contributed by atoms with Gasteiger partial charge in [-0.15, -0.1) is 0 Å². The zero-order valence-electron chi connectivity index (χ0n) is 11.2. The van der Waals surface area contributed by atoms with Crippen LogP contribution in [0.1, 0.15) is 39.0 Å². The van der Waals surface area contributed by atoms with Gasteiger partial charge in [0.05, 0.1) is 0 Å². The molecule has 1 aliphatic carbocycles. The fourth-order valence-corrected chi connectivity index (χ4v) is 3.40. The fourth-order valence-electron chi connectivity index (χ4n) is 3.40. The van der Waals surface area contributed by atoms with E-state index in [9.17, 15) is 4.79 Å². The minimum absolute atomic E-state index is 0.405. The van der Waals surface area contributed by atoms with E-state index < -0.39 is 0 Å². The molecule has 3 unspecified atom stereocenters. The predicted molar refractivity (Wildman–Crippen MR) is 69.7 cm³/mol. The number of carbonyl (C=O) groups excluding carboxylic acids is 1. The highest BCUT2D eigenvalue weighted by Crippen LogP contribution is 2.33. The van der Waals surface area contributed by atoms with E-state index in [1.807, 2.05) is 7.05 Å². The van der Waals surface area contributed by atoms with E-state index in [2.05, 4.69) is 17.1 Å². The van der Waals surface area contributed by atoms with Gasteiger partial charge in [-0.05, 0) is 50.6 Å². The van der Waals surface area contributed by atoms with Crippen LogP contribution in [-0.2, 0) is 4.79 Å². The molecule has 3 nitrogen and oxygen atoms in total. The number of nitrogens with one attached hydrogen (secondary N) is 1. The van der Waals surface area contributed by atoms with Gasteiger partial charge in [0, 0.05) is 19.5 Å². The molecule has 0 spiro atoms. The largest absolute Gasteiger partial charge is 0.342 e. The lowest BCUT2D eigenvalue weighted by Crippen LogP contribution is -2.31. The monoisotopic (exact) mass is 238 g/mol. The van der Waals surface area contributed by atoms with E-state index in [1.165, 1.54) is 25.7 Å². The van der Waals surface area contributed by atoms with Crippen molar-refractivity contribution in [3.63, 3.8) is 0 Å². The molecular formula is C14H26N2O. The molecule has 1 amide bonds. The highest BCUT2D eigenvalue weighted by molar-refractivity contribution is 5.76. The Bertz CT molecular complexity index is 267. The molecule has 2 aliphatic rings. The number of carbonyl (C=O) groups is 1. The maximum Gasteiger partial charge on any atom is 0.222 e. The average Bonchev–Trinajstić information content (AvgIpc) is 2.88. The van der Waals surface area contributed by atoms with Crippen molar-refractivity contribution in [3.8, 4) is 0 Å². The summed E-state index contributed by atoms with van der Waals surface area (Å²) in [4.78, 5) is 14.3. The quantitative estimate of drug-likeness (QED) is 0.811. The Balaban J connectivity index is 1.73. The zero-order chi connectivity index (χ0) is 12.3. The maximum absolute atomic E-state index is 12.2. The molecule has 0 radical (unpaired) electrons. The van der Waals surface area contributed by atoms with Crippen LogP contribution < -0.4 is 5.32 Å². The van der Waals surface area contributed by atoms with Crippen LogP contribution >= 0.6 is 0 Å². The lowest BCUT2D eigenvalue weighted by Gasteiger charge is -2.19. The van der Waals surface area contributed by atoms with Crippen molar-refractivity contribution in [1.29, 1.82) is 0 Å². The lowest BCUT2D eigenvalue weighted by atomic mass is 10.0. The molecule has 0 bridgehead atoms. The van der Waals surface area contributed by atoms with Gasteiger partial charge in [-0.1, -0.05) is 13.3 Å². The number of likely N-dealkylation sites (tertiary alicyclic amines) is 1. The van der Waals surface area contributed by atoms with Crippen molar-refractivity contribution in [2.24, 2.45) is 17.8 Å². The number of amides is 1. The zero-order valence-corrected chi connectivity index (χ0v) is 11.2. The van der Waals surface area contributed by atoms with E-state index in [-0.39, 0.29) is 0 Å². The third-order valence-corrected chi connectivity index (χ3v) is 4.40. The Morgan fingerprint density at radius 3 is 2.76 bits per heavy atom. The number of hydrogen-bond donors (Lipinski definition) is 1. The molecule has 2 fully saturated rings. The topological polar surface area (TPSA) is 32.3 Å². The Morgan fingerprint density at radius 2 is 2.12 bits per heavy atom. The molecule has 0 aromatic carbocycles. The highest BCUT2D eigenvalue weighted by Gasteiger charge is 2.29. The standard InChI is InChI=1S/C14H26N2O/c1-11-3-4-12(7-11)8-14(17)16-6-5-13(10-16)9-15-2/h11-13,15H,3-10H2,1-2H3. The first-order valence-corrected chi connectivity index (χ1v) is 7.11. The van der Waals surface area contributed by atoms with E-state index in [1.54, 1.807) is 0 Å². The second-order valence-electron chi connectivity index (χ2n) is 6.04. The fraction of sp³-hybridized carbons (Fsp3) is 0.929. The summed E-state index contributed by atoms with van der Waals surface area (Å²) in [6.45, 7) is 5.31. The van der Waals surface area contributed by atoms with Gasteiger partial charge in [-0.2, -0.15) is 0 Å². The van der Waals surface area contributed by atoms with E-state index in [4.69, 9.17) is 0 Å². The summed E-state index contributed by atoms with van der Waals surface area (Å²) in [5.74, 6) is 2.58. The van der Waals surface area contributed by atoms with Crippen LogP contribution in [0.3, 0.4) is 0 Å². The van der Waals surface area contributed by atoms with Gasteiger partial charge < -0.3 is 10.2 Å². The lowest BCUT2D eigenvalue weighted by molar-refractivity contribution is -0.131. The van der Waals surface area contributed by atoms with Crippen molar-refractivity contribution in [1.82, 2.24) is 10.2 Å². The maximum atomic E-state index is 12.2. The molecule has 1 saturated carbocycles. The minimum atomic E-state index is 0.405. The molecule has 1 saturated heterocycles. The van der Waals surface area contributed by atoms with Crippen LogP contribution in [0.15, 0.2) is 0 Å². The summed E-state index contributed by atoms with van der Waals surface area (Å²) >= 11 is 0. The highest BCUT2D eigenvalue weighted by atomic mass is 16.2. The van der Waals surface area contributed by atoms with Crippen molar-refractivity contribution in [3.05, 3.63) is 0 Å². The first-order valence-electron chi connectivity index (χ1n) is 7.11. The summed E-state index contributed by atoms with van der Waals surface area (Å²) in [7, 11) is 1.99. The van der Waals surface area contributed by atoms with Gasteiger partial charge in [0.1, 0.15) is 0 Å². The van der Waals surface area contributed by atoms with Gasteiger partial charge in [-0.3, -0.25) is 4.79 Å². The van der Waals surface area contributed by atoms with Crippen LogP contribution in [0, 0.1) is 17.8 Å².